The van der Waals surface area contributed by atoms with Gasteiger partial charge in [0.25, 0.3) is 0 Å². The first-order chi connectivity index (χ1) is 7.88. The topological polar surface area (TPSA) is 75.3 Å². The molecular weight excluding hydrogens is 240 g/mol. The van der Waals surface area contributed by atoms with Crippen molar-refractivity contribution in [1.29, 1.82) is 0 Å². The maximum absolute atomic E-state index is 11.6. The molecule has 0 heterocycles. The Morgan fingerprint density at radius 2 is 1.94 bits per heavy atom. The predicted molar refractivity (Wildman–Crippen MR) is 67.0 cm³/mol. The second kappa shape index (κ2) is 6.35. The lowest BCUT2D eigenvalue weighted by atomic mass is 9.86. The van der Waals surface area contributed by atoms with E-state index in [4.69, 9.17) is 0 Å². The smallest absolute Gasteiger partial charge is 0.221 e. The predicted octanol–water partition coefficient (Wildman–Crippen LogP) is 0.621. The van der Waals surface area contributed by atoms with Crippen molar-refractivity contribution in [3.05, 3.63) is 0 Å². The van der Waals surface area contributed by atoms with Gasteiger partial charge in [-0.25, -0.2) is 13.1 Å². The number of rotatable bonds is 5. The number of carbonyl (C=O) groups is 1. The summed E-state index contributed by atoms with van der Waals surface area (Å²) in [7, 11) is -3.19. The van der Waals surface area contributed by atoms with Gasteiger partial charge in [0.2, 0.25) is 15.9 Å². The molecule has 17 heavy (non-hydrogen) atoms. The van der Waals surface area contributed by atoms with Crippen molar-refractivity contribution in [1.82, 2.24) is 10.0 Å². The summed E-state index contributed by atoms with van der Waals surface area (Å²) in [5.41, 5.74) is 0. The SMILES string of the molecule is C[C@H]1CCCC[C@@H]1NC(=O)CCNS(C)(=O)=O. The molecule has 0 aromatic rings. The van der Waals surface area contributed by atoms with Crippen LogP contribution in [0.5, 0.6) is 0 Å². The van der Waals surface area contributed by atoms with Gasteiger partial charge in [0.05, 0.1) is 6.26 Å². The third-order valence-electron chi connectivity index (χ3n) is 3.17. The lowest BCUT2D eigenvalue weighted by Crippen LogP contribution is -2.42. The van der Waals surface area contributed by atoms with Crippen molar-refractivity contribution in [2.75, 3.05) is 12.8 Å². The van der Waals surface area contributed by atoms with E-state index in [-0.39, 0.29) is 24.9 Å². The van der Waals surface area contributed by atoms with Gasteiger partial charge in [-0.2, -0.15) is 0 Å². The normalized spacial score (nSPS) is 25.5. The highest BCUT2D eigenvalue weighted by atomic mass is 32.2. The quantitative estimate of drug-likeness (QED) is 0.762. The van der Waals surface area contributed by atoms with Gasteiger partial charge in [0.1, 0.15) is 0 Å². The van der Waals surface area contributed by atoms with Crippen LogP contribution >= 0.6 is 0 Å². The van der Waals surface area contributed by atoms with Crippen molar-refractivity contribution in [3.8, 4) is 0 Å². The maximum atomic E-state index is 11.6. The van der Waals surface area contributed by atoms with E-state index in [1.165, 1.54) is 6.42 Å². The lowest BCUT2D eigenvalue weighted by molar-refractivity contribution is -0.122. The van der Waals surface area contributed by atoms with Crippen LogP contribution in [0, 0.1) is 5.92 Å². The first kappa shape index (κ1) is 14.4. The first-order valence-electron chi connectivity index (χ1n) is 6.12. The Balaban J connectivity index is 2.24. The Bertz CT molecular complexity index is 354. The van der Waals surface area contributed by atoms with Crippen molar-refractivity contribution in [3.63, 3.8) is 0 Å². The molecule has 1 amide bonds. The van der Waals surface area contributed by atoms with Gasteiger partial charge in [-0.05, 0) is 18.8 Å². The first-order valence-corrected chi connectivity index (χ1v) is 8.01. The van der Waals surface area contributed by atoms with Crippen LogP contribution in [0.4, 0.5) is 0 Å². The van der Waals surface area contributed by atoms with Crippen molar-refractivity contribution in [2.45, 2.75) is 45.1 Å². The summed E-state index contributed by atoms with van der Waals surface area (Å²) in [6, 6.07) is 0.259. The van der Waals surface area contributed by atoms with Gasteiger partial charge < -0.3 is 5.32 Å². The van der Waals surface area contributed by atoms with Gasteiger partial charge >= 0.3 is 0 Å². The van der Waals surface area contributed by atoms with Gasteiger partial charge in [-0.1, -0.05) is 19.8 Å². The van der Waals surface area contributed by atoms with Crippen molar-refractivity contribution < 1.29 is 13.2 Å². The number of hydrogen-bond donors (Lipinski definition) is 2. The Hall–Kier alpha value is -0.620. The molecule has 0 radical (unpaired) electrons. The molecule has 1 fully saturated rings. The number of nitrogens with one attached hydrogen (secondary N) is 2. The number of sulfonamides is 1. The minimum atomic E-state index is -3.19. The molecule has 0 unspecified atom stereocenters. The highest BCUT2D eigenvalue weighted by molar-refractivity contribution is 7.88. The van der Waals surface area contributed by atoms with Crippen LogP contribution in [-0.4, -0.2) is 33.2 Å². The van der Waals surface area contributed by atoms with E-state index in [2.05, 4.69) is 17.0 Å². The Kier molecular flexibility index (Phi) is 5.39. The monoisotopic (exact) mass is 262 g/mol. The van der Waals surface area contributed by atoms with Crippen LogP contribution < -0.4 is 10.0 Å². The minimum absolute atomic E-state index is 0.0695. The highest BCUT2D eigenvalue weighted by Gasteiger charge is 2.22. The van der Waals surface area contributed by atoms with Crippen LogP contribution in [0.25, 0.3) is 0 Å². The molecule has 2 atom stereocenters. The minimum Gasteiger partial charge on any atom is -0.353 e. The van der Waals surface area contributed by atoms with E-state index in [9.17, 15) is 13.2 Å². The Morgan fingerprint density at radius 1 is 1.29 bits per heavy atom. The lowest BCUT2D eigenvalue weighted by Gasteiger charge is -2.29. The zero-order valence-corrected chi connectivity index (χ0v) is 11.3. The second-order valence-electron chi connectivity index (χ2n) is 4.85. The maximum Gasteiger partial charge on any atom is 0.221 e. The molecule has 0 aromatic carbocycles. The summed E-state index contributed by atoms with van der Waals surface area (Å²) < 4.78 is 23.9. The summed E-state index contributed by atoms with van der Waals surface area (Å²) in [5.74, 6) is 0.454. The molecule has 6 heteroatoms. The molecule has 5 nitrogen and oxygen atoms in total. The van der Waals surface area contributed by atoms with E-state index in [1.807, 2.05) is 0 Å². The molecule has 2 N–H and O–H groups in total. The van der Waals surface area contributed by atoms with Gasteiger partial charge in [-0.15, -0.1) is 0 Å². The Labute approximate surface area is 103 Å². The van der Waals surface area contributed by atoms with E-state index < -0.39 is 10.0 Å². The largest absolute Gasteiger partial charge is 0.353 e. The number of carbonyl (C=O) groups excluding carboxylic acids is 1. The fraction of sp³-hybridized carbons (Fsp3) is 0.909. The third kappa shape index (κ3) is 6.02. The van der Waals surface area contributed by atoms with Crippen LogP contribution in [0.15, 0.2) is 0 Å². The van der Waals surface area contributed by atoms with Crippen molar-refractivity contribution in [2.24, 2.45) is 5.92 Å². The fourth-order valence-corrected chi connectivity index (χ4v) is 2.63. The van der Waals surface area contributed by atoms with Crippen LogP contribution in [0.2, 0.25) is 0 Å². The molecule has 1 aliphatic carbocycles. The number of hydrogen-bond acceptors (Lipinski definition) is 3. The molecule has 0 spiro atoms. The molecule has 1 saturated carbocycles. The average molecular weight is 262 g/mol. The van der Waals surface area contributed by atoms with Gasteiger partial charge in [-0.3, -0.25) is 4.79 Å². The van der Waals surface area contributed by atoms with Crippen LogP contribution in [0.1, 0.15) is 39.0 Å². The second-order valence-corrected chi connectivity index (χ2v) is 6.69. The van der Waals surface area contributed by atoms with Crippen LogP contribution in [-0.2, 0) is 14.8 Å². The molecular formula is C11H22N2O3S. The zero-order chi connectivity index (χ0) is 12.9. The van der Waals surface area contributed by atoms with E-state index in [1.54, 1.807) is 0 Å². The molecule has 0 bridgehead atoms. The molecule has 0 aliphatic heterocycles. The van der Waals surface area contributed by atoms with Gasteiger partial charge in [0.15, 0.2) is 0 Å². The molecule has 100 valence electrons. The third-order valence-corrected chi connectivity index (χ3v) is 3.90. The van der Waals surface area contributed by atoms with E-state index in [0.29, 0.717) is 5.92 Å². The number of amides is 1. The summed E-state index contributed by atoms with van der Waals surface area (Å²) in [5, 5.41) is 2.98. The summed E-state index contributed by atoms with van der Waals surface area (Å²) in [6.45, 7) is 2.32. The fourth-order valence-electron chi connectivity index (χ4n) is 2.16. The molecule has 1 aliphatic rings. The molecule has 1 rings (SSSR count). The molecule has 0 aromatic heterocycles. The van der Waals surface area contributed by atoms with Crippen molar-refractivity contribution >= 4 is 15.9 Å². The van der Waals surface area contributed by atoms with Crippen LogP contribution in [0.3, 0.4) is 0 Å². The highest BCUT2D eigenvalue weighted by Crippen LogP contribution is 2.23. The summed E-state index contributed by atoms with van der Waals surface area (Å²) in [4.78, 5) is 11.6. The Morgan fingerprint density at radius 3 is 2.53 bits per heavy atom. The standard InChI is InChI=1S/C11H22N2O3S/c1-9-5-3-4-6-10(9)13-11(14)7-8-12-17(2,15)16/h9-10,12H,3-8H2,1-2H3,(H,13,14)/t9-,10-/m0/s1. The molecule has 0 saturated heterocycles. The van der Waals surface area contributed by atoms with Gasteiger partial charge in [0, 0.05) is 19.0 Å². The van der Waals surface area contributed by atoms with E-state index in [0.717, 1.165) is 25.5 Å². The zero-order valence-electron chi connectivity index (χ0n) is 10.5. The average Bonchev–Trinajstić information content (AvgIpc) is 2.19. The summed E-state index contributed by atoms with van der Waals surface area (Å²) in [6.07, 6.45) is 5.89. The van der Waals surface area contributed by atoms with E-state index >= 15 is 0 Å². The summed E-state index contributed by atoms with van der Waals surface area (Å²) >= 11 is 0.